The van der Waals surface area contributed by atoms with Gasteiger partial charge in [-0.05, 0) is 57.9 Å². The van der Waals surface area contributed by atoms with E-state index < -0.39 is 0 Å². The van der Waals surface area contributed by atoms with Crippen LogP contribution in [0.1, 0.15) is 60.2 Å². The van der Waals surface area contributed by atoms with E-state index in [0.717, 1.165) is 56.4 Å². The molecule has 2 aliphatic rings. The van der Waals surface area contributed by atoms with Gasteiger partial charge in [-0.1, -0.05) is 0 Å². The van der Waals surface area contributed by atoms with Crippen LogP contribution < -0.4 is 4.90 Å². The van der Waals surface area contributed by atoms with E-state index in [2.05, 4.69) is 27.0 Å². The lowest BCUT2D eigenvalue weighted by Crippen LogP contribution is -2.36. The van der Waals surface area contributed by atoms with Crippen molar-refractivity contribution in [1.82, 2.24) is 25.1 Å². The number of anilines is 1. The van der Waals surface area contributed by atoms with Gasteiger partial charge in [-0.25, -0.2) is 15.0 Å². The number of hydrogen-bond donors (Lipinski definition) is 1. The summed E-state index contributed by atoms with van der Waals surface area (Å²) in [7, 11) is 0. The van der Waals surface area contributed by atoms with Crippen LogP contribution in [0.25, 0.3) is 0 Å². The summed E-state index contributed by atoms with van der Waals surface area (Å²) < 4.78 is 0. The van der Waals surface area contributed by atoms with Crippen molar-refractivity contribution in [2.45, 2.75) is 58.3 Å². The molecular weight excluding hydrogens is 288 g/mol. The molecule has 122 valence electrons. The van der Waals surface area contributed by atoms with Crippen molar-refractivity contribution in [3.8, 4) is 0 Å². The Morgan fingerprint density at radius 3 is 2.74 bits per heavy atom. The average molecular weight is 312 g/mol. The quantitative estimate of drug-likeness (QED) is 0.922. The topological polar surface area (TPSA) is 70.6 Å². The average Bonchev–Trinajstić information content (AvgIpc) is 3.01. The molecule has 0 unspecified atom stereocenters. The van der Waals surface area contributed by atoms with Crippen molar-refractivity contribution in [2.24, 2.45) is 0 Å². The lowest BCUT2D eigenvalue weighted by molar-refractivity contribution is 0.485. The molecule has 1 fully saturated rings. The van der Waals surface area contributed by atoms with Gasteiger partial charge in [0.15, 0.2) is 5.82 Å². The van der Waals surface area contributed by atoms with Gasteiger partial charge < -0.3 is 4.90 Å². The van der Waals surface area contributed by atoms with E-state index in [9.17, 15) is 0 Å². The Balaban J connectivity index is 1.59. The molecule has 23 heavy (non-hydrogen) atoms. The van der Waals surface area contributed by atoms with Gasteiger partial charge in [0.1, 0.15) is 5.82 Å². The Hall–Kier alpha value is -1.98. The maximum atomic E-state index is 4.90. The van der Waals surface area contributed by atoms with Gasteiger partial charge in [-0.3, -0.25) is 5.10 Å². The van der Waals surface area contributed by atoms with Crippen LogP contribution in [0.3, 0.4) is 0 Å². The molecule has 0 radical (unpaired) electrons. The molecule has 3 heterocycles. The Labute approximate surface area is 136 Å². The van der Waals surface area contributed by atoms with Crippen LogP contribution in [0.2, 0.25) is 0 Å². The molecule has 0 bridgehead atoms. The smallest absolute Gasteiger partial charge is 0.225 e. The van der Waals surface area contributed by atoms with E-state index in [-0.39, 0.29) is 0 Å². The first-order valence-corrected chi connectivity index (χ1v) is 8.71. The second-order valence-corrected chi connectivity index (χ2v) is 6.81. The molecule has 1 saturated heterocycles. The number of aryl methyl sites for hydroxylation is 3. The van der Waals surface area contributed by atoms with Gasteiger partial charge in [-0.2, -0.15) is 5.10 Å². The molecule has 2 aromatic heterocycles. The van der Waals surface area contributed by atoms with E-state index in [4.69, 9.17) is 9.97 Å². The van der Waals surface area contributed by atoms with Gasteiger partial charge >= 0.3 is 0 Å². The van der Waals surface area contributed by atoms with Crippen LogP contribution >= 0.6 is 0 Å². The van der Waals surface area contributed by atoms with Crippen LogP contribution in [0, 0.1) is 13.8 Å². The number of aromatic nitrogens is 5. The maximum absolute atomic E-state index is 4.90. The first kappa shape index (κ1) is 14.6. The largest absolute Gasteiger partial charge is 0.340 e. The number of H-pyrrole nitrogens is 1. The third kappa shape index (κ3) is 2.82. The number of rotatable bonds is 2. The zero-order valence-corrected chi connectivity index (χ0v) is 14.0. The standard InChI is InChI=1S/C17H24N6/c1-11-14-7-3-4-8-15(14)20-17(18-11)23-9-5-6-13(10-23)16-19-12(2)21-22-16/h13H,3-10H2,1-2H3,(H,19,21,22)/t13-/m0/s1. The van der Waals surface area contributed by atoms with Gasteiger partial charge in [0.25, 0.3) is 0 Å². The molecule has 4 rings (SSSR count). The zero-order valence-electron chi connectivity index (χ0n) is 14.0. The normalized spacial score (nSPS) is 21.3. The van der Waals surface area contributed by atoms with Crippen molar-refractivity contribution in [3.63, 3.8) is 0 Å². The fourth-order valence-corrected chi connectivity index (χ4v) is 3.82. The summed E-state index contributed by atoms with van der Waals surface area (Å²) in [5.74, 6) is 3.09. The number of hydrogen-bond acceptors (Lipinski definition) is 5. The summed E-state index contributed by atoms with van der Waals surface area (Å²) in [5.41, 5.74) is 3.83. The van der Waals surface area contributed by atoms with Crippen LogP contribution in [0.15, 0.2) is 0 Å². The SMILES string of the molecule is Cc1nc([C@H]2CCCN(c3nc(C)c4c(n3)CCCC4)C2)n[nH]1. The summed E-state index contributed by atoms with van der Waals surface area (Å²) in [6.07, 6.45) is 7.04. The molecular formula is C17H24N6. The predicted molar refractivity (Wildman–Crippen MR) is 88.7 cm³/mol. The van der Waals surface area contributed by atoms with E-state index >= 15 is 0 Å². The number of nitrogens with one attached hydrogen (secondary N) is 1. The van der Waals surface area contributed by atoms with Crippen LogP contribution in [-0.4, -0.2) is 38.2 Å². The first-order valence-electron chi connectivity index (χ1n) is 8.71. The van der Waals surface area contributed by atoms with Gasteiger partial charge in [-0.15, -0.1) is 0 Å². The zero-order chi connectivity index (χ0) is 15.8. The summed E-state index contributed by atoms with van der Waals surface area (Å²) >= 11 is 0. The molecule has 0 spiro atoms. The first-order chi connectivity index (χ1) is 11.2. The third-order valence-corrected chi connectivity index (χ3v) is 5.06. The number of aromatic amines is 1. The number of piperidine rings is 1. The summed E-state index contributed by atoms with van der Waals surface area (Å²) in [4.78, 5) is 16.5. The summed E-state index contributed by atoms with van der Waals surface area (Å²) in [6, 6.07) is 0. The molecule has 1 aliphatic carbocycles. The highest BCUT2D eigenvalue weighted by molar-refractivity contribution is 5.39. The Bertz CT molecular complexity index is 707. The molecule has 6 heteroatoms. The Morgan fingerprint density at radius 1 is 1.04 bits per heavy atom. The minimum atomic E-state index is 0.369. The van der Waals surface area contributed by atoms with Crippen LogP contribution in [0.4, 0.5) is 5.95 Å². The minimum absolute atomic E-state index is 0.369. The molecule has 1 atom stereocenters. The van der Waals surface area contributed by atoms with Crippen molar-refractivity contribution < 1.29 is 0 Å². The van der Waals surface area contributed by atoms with Gasteiger partial charge in [0.2, 0.25) is 5.95 Å². The molecule has 2 aromatic rings. The van der Waals surface area contributed by atoms with E-state index in [1.54, 1.807) is 0 Å². The highest BCUT2D eigenvalue weighted by Crippen LogP contribution is 2.29. The highest BCUT2D eigenvalue weighted by atomic mass is 15.3. The van der Waals surface area contributed by atoms with E-state index in [0.29, 0.717) is 5.92 Å². The summed E-state index contributed by atoms with van der Waals surface area (Å²) in [5, 5.41) is 7.31. The van der Waals surface area contributed by atoms with Crippen molar-refractivity contribution in [3.05, 3.63) is 28.6 Å². The Kier molecular flexibility index (Phi) is 3.75. The van der Waals surface area contributed by atoms with E-state index in [1.165, 1.54) is 29.8 Å². The fraction of sp³-hybridized carbons (Fsp3) is 0.647. The lowest BCUT2D eigenvalue weighted by Gasteiger charge is -2.32. The second-order valence-electron chi connectivity index (χ2n) is 6.81. The van der Waals surface area contributed by atoms with Gasteiger partial charge in [0, 0.05) is 30.4 Å². The highest BCUT2D eigenvalue weighted by Gasteiger charge is 2.27. The van der Waals surface area contributed by atoms with Crippen molar-refractivity contribution >= 4 is 5.95 Å². The van der Waals surface area contributed by atoms with E-state index in [1.807, 2.05) is 6.92 Å². The predicted octanol–water partition coefficient (Wildman–Crippen LogP) is 2.47. The molecule has 0 amide bonds. The van der Waals surface area contributed by atoms with Crippen LogP contribution in [0.5, 0.6) is 0 Å². The minimum Gasteiger partial charge on any atom is -0.340 e. The second kappa shape index (κ2) is 5.91. The fourth-order valence-electron chi connectivity index (χ4n) is 3.82. The number of fused-ring (bicyclic) bond motifs is 1. The van der Waals surface area contributed by atoms with Crippen molar-refractivity contribution in [1.29, 1.82) is 0 Å². The number of nitrogens with zero attached hydrogens (tertiary/aromatic N) is 5. The molecule has 6 nitrogen and oxygen atoms in total. The monoisotopic (exact) mass is 312 g/mol. The molecule has 0 saturated carbocycles. The van der Waals surface area contributed by atoms with Crippen LogP contribution in [-0.2, 0) is 12.8 Å². The van der Waals surface area contributed by atoms with Gasteiger partial charge in [0.05, 0.1) is 0 Å². The lowest BCUT2D eigenvalue weighted by atomic mass is 9.95. The molecule has 1 aliphatic heterocycles. The molecule has 0 aromatic carbocycles. The van der Waals surface area contributed by atoms with Crippen molar-refractivity contribution in [2.75, 3.05) is 18.0 Å². The summed E-state index contributed by atoms with van der Waals surface area (Å²) in [6.45, 7) is 6.02. The maximum Gasteiger partial charge on any atom is 0.225 e. The third-order valence-electron chi connectivity index (χ3n) is 5.06. The Morgan fingerprint density at radius 2 is 1.91 bits per heavy atom. The molecule has 1 N–H and O–H groups in total.